The predicted molar refractivity (Wildman–Crippen MR) is 133 cm³/mol. The molecule has 0 aliphatic carbocycles. The summed E-state index contributed by atoms with van der Waals surface area (Å²) < 4.78 is 17.5. The van der Waals surface area contributed by atoms with Crippen LogP contribution < -0.4 is 14.8 Å². The Morgan fingerprint density at radius 1 is 0.941 bits per heavy atom. The van der Waals surface area contributed by atoms with Gasteiger partial charge in [0, 0.05) is 23.6 Å². The summed E-state index contributed by atoms with van der Waals surface area (Å²) in [5.74, 6) is 1.12. The highest BCUT2D eigenvalue weighted by atomic mass is 32.2. The second-order valence-corrected chi connectivity index (χ2v) is 8.19. The van der Waals surface area contributed by atoms with Crippen LogP contribution in [0.2, 0.25) is 0 Å². The van der Waals surface area contributed by atoms with Gasteiger partial charge >= 0.3 is 6.09 Å². The highest BCUT2D eigenvalue weighted by Gasteiger charge is 2.29. The largest absolute Gasteiger partial charge is 0.491 e. The van der Waals surface area contributed by atoms with Gasteiger partial charge in [0.2, 0.25) is 0 Å². The van der Waals surface area contributed by atoms with Gasteiger partial charge in [0.1, 0.15) is 24.2 Å². The van der Waals surface area contributed by atoms with Crippen LogP contribution in [0.15, 0.2) is 83.8 Å². The van der Waals surface area contributed by atoms with E-state index in [1.807, 2.05) is 36.6 Å². The van der Waals surface area contributed by atoms with Crippen molar-refractivity contribution in [3.05, 3.63) is 84.4 Å². The maximum absolute atomic E-state index is 12.8. The first-order valence-electron chi connectivity index (χ1n) is 10.9. The Kier molecular flexibility index (Phi) is 10.1. The van der Waals surface area contributed by atoms with Gasteiger partial charge in [-0.1, -0.05) is 30.3 Å². The first-order chi connectivity index (χ1) is 16.6. The molecule has 0 saturated heterocycles. The molecule has 180 valence electrons. The summed E-state index contributed by atoms with van der Waals surface area (Å²) in [6.45, 7) is -0.135. The molecule has 3 aromatic rings. The third-order valence-corrected chi connectivity index (χ3v) is 5.64. The molecule has 0 aliphatic rings. The third kappa shape index (κ3) is 7.69. The fourth-order valence-electron chi connectivity index (χ4n) is 3.31. The van der Waals surface area contributed by atoms with Crippen LogP contribution in [0.3, 0.4) is 0 Å². The van der Waals surface area contributed by atoms with Crippen LogP contribution >= 0.6 is 11.8 Å². The van der Waals surface area contributed by atoms with E-state index < -0.39 is 18.3 Å². The smallest absolute Gasteiger partial charge is 0.412 e. The van der Waals surface area contributed by atoms with E-state index in [2.05, 4.69) is 5.32 Å². The van der Waals surface area contributed by atoms with Crippen molar-refractivity contribution < 1.29 is 29.2 Å². The van der Waals surface area contributed by atoms with Gasteiger partial charge in [-0.05, 0) is 60.4 Å². The van der Waals surface area contributed by atoms with Gasteiger partial charge in [-0.25, -0.2) is 4.79 Å². The molecule has 3 rings (SSSR count). The maximum atomic E-state index is 12.8. The number of hydrogen-bond donors (Lipinski definition) is 3. The summed E-state index contributed by atoms with van der Waals surface area (Å²) in [7, 11) is 0. The Hall–Kier alpha value is -3.20. The number of aliphatic hydroxyl groups excluding tert-OH is 2. The molecule has 3 aromatic carbocycles. The number of nitrogens with one attached hydrogen (secondary N) is 1. The quantitative estimate of drug-likeness (QED) is 0.315. The van der Waals surface area contributed by atoms with Crippen LogP contribution in [0.25, 0.3) is 0 Å². The minimum Gasteiger partial charge on any atom is -0.491 e. The molecular formula is C26H29NO6S. The van der Waals surface area contributed by atoms with Crippen molar-refractivity contribution in [3.63, 3.8) is 0 Å². The summed E-state index contributed by atoms with van der Waals surface area (Å²) in [6, 6.07) is 23.7. The molecule has 0 aliphatic heterocycles. The summed E-state index contributed by atoms with van der Waals surface area (Å²) in [5.41, 5.74) is 1.24. The number of anilines is 1. The molecule has 2 atom stereocenters. The molecule has 0 aromatic heterocycles. The number of hydrogen-bond acceptors (Lipinski definition) is 7. The molecule has 0 bridgehead atoms. The molecule has 1 amide bonds. The summed E-state index contributed by atoms with van der Waals surface area (Å²) in [4.78, 5) is 13.9. The van der Waals surface area contributed by atoms with Crippen LogP contribution in [-0.2, 0) is 4.74 Å². The number of amides is 1. The molecule has 0 fully saturated rings. The molecule has 0 spiro atoms. The topological polar surface area (TPSA) is 97.3 Å². The minimum absolute atomic E-state index is 0.119. The van der Waals surface area contributed by atoms with E-state index in [0.29, 0.717) is 22.7 Å². The van der Waals surface area contributed by atoms with Crippen molar-refractivity contribution in [2.45, 2.75) is 23.5 Å². The maximum Gasteiger partial charge on any atom is 0.412 e. The number of benzene rings is 3. The first kappa shape index (κ1) is 25.4. The van der Waals surface area contributed by atoms with Gasteiger partial charge in [-0.2, -0.15) is 0 Å². The summed E-state index contributed by atoms with van der Waals surface area (Å²) in [5, 5.41) is 21.5. The van der Waals surface area contributed by atoms with Crippen molar-refractivity contribution in [2.24, 2.45) is 0 Å². The first-order valence-corrected chi connectivity index (χ1v) is 12.1. The molecule has 0 radical (unpaired) electrons. The highest BCUT2D eigenvalue weighted by molar-refractivity contribution is 7.98. The Labute approximate surface area is 203 Å². The Balaban J connectivity index is 1.85. The second kappa shape index (κ2) is 13.5. The zero-order valence-corrected chi connectivity index (χ0v) is 19.7. The number of para-hydroxylation sites is 1. The van der Waals surface area contributed by atoms with Gasteiger partial charge < -0.3 is 24.4 Å². The molecule has 3 N–H and O–H groups in total. The van der Waals surface area contributed by atoms with Crippen LogP contribution in [-0.4, -0.2) is 48.5 Å². The van der Waals surface area contributed by atoms with E-state index in [-0.39, 0.29) is 26.2 Å². The monoisotopic (exact) mass is 483 g/mol. The molecule has 7 nitrogen and oxygen atoms in total. The summed E-state index contributed by atoms with van der Waals surface area (Å²) >= 11 is 1.61. The lowest BCUT2D eigenvalue weighted by atomic mass is 10.0. The molecule has 34 heavy (non-hydrogen) atoms. The summed E-state index contributed by atoms with van der Waals surface area (Å²) in [6.07, 6.45) is 0.0637. The van der Waals surface area contributed by atoms with E-state index in [1.54, 1.807) is 60.3 Å². The number of aliphatic hydroxyl groups is 2. The van der Waals surface area contributed by atoms with Crippen LogP contribution in [0.4, 0.5) is 10.5 Å². The predicted octanol–water partition coefficient (Wildman–Crippen LogP) is 4.90. The van der Waals surface area contributed by atoms with Crippen LogP contribution in [0, 0.1) is 0 Å². The van der Waals surface area contributed by atoms with Gasteiger partial charge in [0.15, 0.2) is 6.10 Å². The van der Waals surface area contributed by atoms with Crippen molar-refractivity contribution in [1.82, 2.24) is 0 Å². The zero-order valence-electron chi connectivity index (χ0n) is 18.9. The molecule has 8 heteroatoms. The molecule has 0 saturated carbocycles. The average Bonchev–Trinajstić information content (AvgIpc) is 2.87. The number of carbonyl (C=O) groups excluding carboxylic acids is 1. The van der Waals surface area contributed by atoms with E-state index >= 15 is 0 Å². The SMILES string of the molecule is CSc1ccc(NC(=O)O[C@H](c2cccc(OCCO)c2)[C@@H](CCO)Oc2ccccc2)cc1. The van der Waals surface area contributed by atoms with Crippen molar-refractivity contribution in [2.75, 3.05) is 31.4 Å². The van der Waals surface area contributed by atoms with Crippen molar-refractivity contribution >= 4 is 23.5 Å². The van der Waals surface area contributed by atoms with E-state index in [9.17, 15) is 9.90 Å². The van der Waals surface area contributed by atoms with Gasteiger partial charge in [-0.3, -0.25) is 5.32 Å². The van der Waals surface area contributed by atoms with E-state index in [4.69, 9.17) is 19.3 Å². The van der Waals surface area contributed by atoms with Gasteiger partial charge in [0.05, 0.1) is 6.61 Å². The number of rotatable bonds is 12. The lowest BCUT2D eigenvalue weighted by Crippen LogP contribution is -2.31. The Morgan fingerprint density at radius 2 is 1.68 bits per heavy atom. The van der Waals surface area contributed by atoms with Gasteiger partial charge in [0.25, 0.3) is 0 Å². The Morgan fingerprint density at radius 3 is 2.35 bits per heavy atom. The van der Waals surface area contributed by atoms with E-state index in [1.165, 1.54) is 0 Å². The van der Waals surface area contributed by atoms with Crippen LogP contribution in [0.5, 0.6) is 11.5 Å². The molecular weight excluding hydrogens is 454 g/mol. The molecule has 0 unspecified atom stereocenters. The van der Waals surface area contributed by atoms with Crippen LogP contribution in [0.1, 0.15) is 18.1 Å². The van der Waals surface area contributed by atoms with Crippen molar-refractivity contribution in [3.8, 4) is 11.5 Å². The second-order valence-electron chi connectivity index (χ2n) is 7.31. The minimum atomic E-state index is -0.837. The third-order valence-electron chi connectivity index (χ3n) is 4.90. The lowest BCUT2D eigenvalue weighted by Gasteiger charge is -2.28. The number of carbonyl (C=O) groups is 1. The number of ether oxygens (including phenoxy) is 3. The zero-order chi connectivity index (χ0) is 24.2. The standard InChI is InChI=1S/C26H29NO6S/c1-34-23-12-10-20(11-13-23)27-26(30)33-25(19-6-5-9-22(18-19)31-17-16-29)24(14-15-28)32-21-7-3-2-4-8-21/h2-13,18,24-25,28-29H,14-17H2,1H3,(H,27,30)/t24-,25-/m1/s1. The fraction of sp³-hybridized carbons (Fsp3) is 0.269. The number of thioether (sulfide) groups is 1. The normalized spacial score (nSPS) is 12.4. The Bertz CT molecular complexity index is 1020. The van der Waals surface area contributed by atoms with E-state index in [0.717, 1.165) is 4.90 Å². The fourth-order valence-corrected chi connectivity index (χ4v) is 3.72. The highest BCUT2D eigenvalue weighted by Crippen LogP contribution is 2.30. The van der Waals surface area contributed by atoms with Crippen molar-refractivity contribution in [1.29, 1.82) is 0 Å². The lowest BCUT2D eigenvalue weighted by molar-refractivity contribution is 0.00897. The molecule has 0 heterocycles. The van der Waals surface area contributed by atoms with Gasteiger partial charge in [-0.15, -0.1) is 11.8 Å². The average molecular weight is 484 g/mol.